The molecule has 0 aliphatic carbocycles. The zero-order valence-electron chi connectivity index (χ0n) is 16.2. The van der Waals surface area contributed by atoms with Crippen molar-refractivity contribution in [1.82, 2.24) is 4.98 Å². The predicted octanol–water partition coefficient (Wildman–Crippen LogP) is 5.46. The van der Waals surface area contributed by atoms with Crippen molar-refractivity contribution in [2.24, 2.45) is 4.99 Å². The van der Waals surface area contributed by atoms with Crippen molar-refractivity contribution in [3.63, 3.8) is 0 Å². The van der Waals surface area contributed by atoms with Crippen molar-refractivity contribution in [2.45, 2.75) is 0 Å². The molecule has 0 amide bonds. The summed E-state index contributed by atoms with van der Waals surface area (Å²) in [6.07, 6.45) is 5.10. The molecule has 0 spiro atoms. The monoisotopic (exact) mass is 412 g/mol. The molecule has 0 atom stereocenters. The van der Waals surface area contributed by atoms with Gasteiger partial charge in [-0.2, -0.15) is 5.26 Å². The number of rotatable bonds is 4. The molecule has 4 rings (SSSR count). The summed E-state index contributed by atoms with van der Waals surface area (Å²) in [7, 11) is 1.63. The van der Waals surface area contributed by atoms with Crippen LogP contribution in [-0.4, -0.2) is 17.9 Å². The maximum absolute atomic E-state index is 9.43. The number of benzene rings is 2. The molecule has 0 saturated carbocycles. The molecule has 0 unspecified atom stereocenters. The van der Waals surface area contributed by atoms with Gasteiger partial charge in [0.05, 0.1) is 24.6 Å². The van der Waals surface area contributed by atoms with Crippen molar-refractivity contribution < 1.29 is 4.74 Å². The number of halogens is 1. The minimum atomic E-state index is 0.618. The van der Waals surface area contributed by atoms with Gasteiger partial charge in [0.25, 0.3) is 0 Å². The van der Waals surface area contributed by atoms with Crippen molar-refractivity contribution in [3.05, 3.63) is 107 Å². The Morgan fingerprint density at radius 2 is 1.80 bits per heavy atom. The average molecular weight is 413 g/mol. The molecule has 0 N–H and O–H groups in total. The van der Waals surface area contributed by atoms with Crippen molar-refractivity contribution in [2.75, 3.05) is 12.0 Å². The van der Waals surface area contributed by atoms with E-state index >= 15 is 0 Å². The number of ether oxygens (including phenoxy) is 1. The van der Waals surface area contributed by atoms with Crippen LogP contribution in [0.3, 0.4) is 0 Å². The topological polar surface area (TPSA) is 61.5 Å². The fourth-order valence-electron chi connectivity index (χ4n) is 3.13. The second kappa shape index (κ2) is 8.64. The zero-order chi connectivity index (χ0) is 20.9. The van der Waals surface area contributed by atoms with Gasteiger partial charge in [0.15, 0.2) is 5.84 Å². The summed E-state index contributed by atoms with van der Waals surface area (Å²) in [5.74, 6) is 1.38. The maximum Gasteiger partial charge on any atom is 0.164 e. The van der Waals surface area contributed by atoms with Gasteiger partial charge in [-0.25, -0.2) is 4.99 Å². The summed E-state index contributed by atoms with van der Waals surface area (Å²) in [6.45, 7) is 0. The standard InChI is InChI=1S/C24H17ClN4O/c1-30-21-11-5-17(6-12-21)23-16-20(13-14-26)29(19-9-7-18(25)8-10-19)24(28-23)22-4-2-3-15-27-22/h2-13,15-16H,1H3/b20-13+. The van der Waals surface area contributed by atoms with Gasteiger partial charge >= 0.3 is 0 Å². The Hall–Kier alpha value is -3.88. The second-order valence-corrected chi connectivity index (χ2v) is 6.86. The first-order valence-electron chi connectivity index (χ1n) is 9.21. The van der Waals surface area contributed by atoms with Crippen LogP contribution >= 0.6 is 11.6 Å². The predicted molar refractivity (Wildman–Crippen MR) is 119 cm³/mol. The van der Waals surface area contributed by atoms with Crippen LogP contribution in [0.4, 0.5) is 5.69 Å². The molecule has 2 aromatic carbocycles. The van der Waals surface area contributed by atoms with Crippen LogP contribution < -0.4 is 9.64 Å². The molecule has 146 valence electrons. The molecule has 0 radical (unpaired) electrons. The summed E-state index contributed by atoms with van der Waals surface area (Å²) in [5, 5.41) is 10.1. The Labute approximate surface area is 179 Å². The van der Waals surface area contributed by atoms with E-state index in [1.807, 2.05) is 65.6 Å². The van der Waals surface area contributed by atoms with Gasteiger partial charge in [-0.3, -0.25) is 9.88 Å². The number of anilines is 1. The van der Waals surface area contributed by atoms with E-state index in [0.717, 1.165) is 22.7 Å². The van der Waals surface area contributed by atoms with E-state index < -0.39 is 0 Å². The molecular formula is C24H17ClN4O. The number of amidine groups is 1. The first kappa shape index (κ1) is 19.4. The molecule has 1 aliphatic rings. The lowest BCUT2D eigenvalue weighted by Crippen LogP contribution is -2.33. The number of pyridine rings is 1. The SMILES string of the molecule is COc1ccc(C2=C/C(=C\C#N)N(c3ccc(Cl)cc3)C(c3ccccn3)=N2)cc1. The van der Waals surface area contributed by atoms with E-state index in [9.17, 15) is 5.26 Å². The highest BCUT2D eigenvalue weighted by Crippen LogP contribution is 2.32. The third kappa shape index (κ3) is 3.95. The quantitative estimate of drug-likeness (QED) is 0.534. The lowest BCUT2D eigenvalue weighted by atomic mass is 10.1. The first-order chi connectivity index (χ1) is 14.7. The van der Waals surface area contributed by atoms with Crippen molar-refractivity contribution in [3.8, 4) is 11.8 Å². The number of hydrogen-bond acceptors (Lipinski definition) is 5. The van der Waals surface area contributed by atoms with Crippen LogP contribution in [-0.2, 0) is 0 Å². The lowest BCUT2D eigenvalue weighted by Gasteiger charge is -2.30. The van der Waals surface area contributed by atoms with E-state index in [1.54, 1.807) is 25.4 Å². The summed E-state index contributed by atoms with van der Waals surface area (Å²) >= 11 is 6.08. The maximum atomic E-state index is 9.43. The number of methoxy groups -OCH3 is 1. The van der Waals surface area contributed by atoms with E-state index in [0.29, 0.717) is 22.2 Å². The fraction of sp³-hybridized carbons (Fsp3) is 0.0417. The Balaban J connectivity index is 1.89. The van der Waals surface area contributed by atoms with Crippen LogP contribution in [0.1, 0.15) is 11.3 Å². The normalized spacial score (nSPS) is 14.7. The summed E-state index contributed by atoms with van der Waals surface area (Å²) in [4.78, 5) is 11.3. The van der Waals surface area contributed by atoms with E-state index in [4.69, 9.17) is 21.3 Å². The molecule has 0 saturated heterocycles. The van der Waals surface area contributed by atoms with Crippen LogP contribution in [0.25, 0.3) is 5.70 Å². The van der Waals surface area contributed by atoms with Gasteiger partial charge in [-0.05, 0) is 66.7 Å². The minimum absolute atomic E-state index is 0.618. The molecule has 1 aliphatic heterocycles. The van der Waals surface area contributed by atoms with E-state index in [2.05, 4.69) is 11.1 Å². The van der Waals surface area contributed by atoms with Crippen LogP contribution in [0.15, 0.2) is 95.8 Å². The molecule has 1 aromatic heterocycles. The summed E-state index contributed by atoms with van der Waals surface area (Å²) in [5.41, 5.74) is 3.83. The molecular weight excluding hydrogens is 396 g/mol. The molecule has 0 fully saturated rings. The van der Waals surface area contributed by atoms with Gasteiger partial charge < -0.3 is 4.74 Å². The highest BCUT2D eigenvalue weighted by Gasteiger charge is 2.25. The fourth-order valence-corrected chi connectivity index (χ4v) is 3.26. The van der Waals surface area contributed by atoms with Crippen molar-refractivity contribution in [1.29, 1.82) is 5.26 Å². The minimum Gasteiger partial charge on any atom is -0.497 e. The first-order valence-corrected chi connectivity index (χ1v) is 9.59. The Kier molecular flexibility index (Phi) is 5.60. The van der Waals surface area contributed by atoms with Gasteiger partial charge in [-0.15, -0.1) is 0 Å². The highest BCUT2D eigenvalue weighted by atomic mass is 35.5. The average Bonchev–Trinajstić information content (AvgIpc) is 2.80. The molecule has 0 bridgehead atoms. The number of aromatic nitrogens is 1. The van der Waals surface area contributed by atoms with Crippen LogP contribution in [0.5, 0.6) is 5.75 Å². The Bertz CT molecular complexity index is 1170. The number of hydrogen-bond donors (Lipinski definition) is 0. The van der Waals surface area contributed by atoms with Gasteiger partial charge in [0.1, 0.15) is 11.4 Å². The molecule has 6 heteroatoms. The van der Waals surface area contributed by atoms with E-state index in [1.165, 1.54) is 6.08 Å². The third-order valence-electron chi connectivity index (χ3n) is 4.56. The van der Waals surface area contributed by atoms with Gasteiger partial charge in [0.2, 0.25) is 0 Å². The lowest BCUT2D eigenvalue weighted by molar-refractivity contribution is 0.415. The van der Waals surface area contributed by atoms with E-state index in [-0.39, 0.29) is 0 Å². The summed E-state index contributed by atoms with van der Waals surface area (Å²) < 4.78 is 5.25. The smallest absolute Gasteiger partial charge is 0.164 e. The largest absolute Gasteiger partial charge is 0.497 e. The highest BCUT2D eigenvalue weighted by molar-refractivity contribution is 6.30. The number of nitriles is 1. The number of allylic oxidation sites excluding steroid dienone is 2. The van der Waals surface area contributed by atoms with Gasteiger partial charge in [0, 0.05) is 28.5 Å². The Morgan fingerprint density at radius 1 is 1.03 bits per heavy atom. The second-order valence-electron chi connectivity index (χ2n) is 6.42. The Morgan fingerprint density at radius 3 is 2.43 bits per heavy atom. The zero-order valence-corrected chi connectivity index (χ0v) is 16.9. The number of aliphatic imine (C=N–C) groups is 1. The van der Waals surface area contributed by atoms with Crippen molar-refractivity contribution >= 4 is 28.8 Å². The molecule has 5 nitrogen and oxygen atoms in total. The molecule has 3 aromatic rings. The van der Waals surface area contributed by atoms with Gasteiger partial charge in [-0.1, -0.05) is 17.7 Å². The number of nitrogens with zero attached hydrogens (tertiary/aromatic N) is 4. The summed E-state index contributed by atoms with van der Waals surface area (Å²) in [6, 6.07) is 22.8. The van der Waals surface area contributed by atoms with Crippen LogP contribution in [0, 0.1) is 11.3 Å². The van der Waals surface area contributed by atoms with Crippen LogP contribution in [0.2, 0.25) is 5.02 Å². The third-order valence-corrected chi connectivity index (χ3v) is 4.81. The molecule has 30 heavy (non-hydrogen) atoms. The molecule has 2 heterocycles.